The summed E-state index contributed by atoms with van der Waals surface area (Å²) in [6.45, 7) is 8.59. The maximum atomic E-state index is 13.8. The molecule has 2 aromatic rings. The van der Waals surface area contributed by atoms with Gasteiger partial charge in [0, 0.05) is 38.0 Å². The minimum Gasteiger partial charge on any atom is -0.381 e. The third-order valence-electron chi connectivity index (χ3n) is 6.17. The number of anilines is 1. The van der Waals surface area contributed by atoms with E-state index in [4.69, 9.17) is 9.47 Å². The number of rotatable bonds is 8. The number of nitrogens with zero attached hydrogens (tertiary/aromatic N) is 2. The van der Waals surface area contributed by atoms with Crippen LogP contribution < -0.4 is 5.32 Å². The topological polar surface area (TPSA) is 48.3 Å². The fourth-order valence-corrected chi connectivity index (χ4v) is 4.89. The number of halogens is 4. The Balaban J connectivity index is 1.75. The van der Waals surface area contributed by atoms with Crippen LogP contribution in [0.1, 0.15) is 30.5 Å². The quantitative estimate of drug-likeness (QED) is 0.280. The van der Waals surface area contributed by atoms with Gasteiger partial charge in [-0.1, -0.05) is 25.7 Å². The predicted octanol–water partition coefficient (Wildman–Crippen LogP) is 6.08. The number of hydrogen-bond donors (Lipinski definition) is 1. The van der Waals surface area contributed by atoms with Gasteiger partial charge in [0.1, 0.15) is 18.5 Å². The molecule has 1 saturated carbocycles. The average Bonchev–Trinajstić information content (AvgIpc) is 3.08. The molecule has 0 aromatic carbocycles. The Morgan fingerprint density at radius 2 is 2.03 bits per heavy atom. The Morgan fingerprint density at radius 3 is 2.64 bits per heavy atom. The van der Waals surface area contributed by atoms with E-state index in [0.717, 1.165) is 23.5 Å². The Bertz CT molecular complexity index is 1020. The van der Waals surface area contributed by atoms with Gasteiger partial charge in [-0.15, -0.1) is 0 Å². The fraction of sp³-hybridized carbons (Fsp3) is 0.609. The van der Waals surface area contributed by atoms with Gasteiger partial charge in [-0.2, -0.15) is 13.2 Å². The van der Waals surface area contributed by atoms with Crippen LogP contribution in [0.5, 0.6) is 0 Å². The van der Waals surface area contributed by atoms with Crippen LogP contribution in [0.3, 0.4) is 0 Å². The molecule has 0 amide bonds. The van der Waals surface area contributed by atoms with Gasteiger partial charge in [0.05, 0.1) is 24.5 Å². The van der Waals surface area contributed by atoms with Gasteiger partial charge in [-0.3, -0.25) is 0 Å². The summed E-state index contributed by atoms with van der Waals surface area (Å²) in [6.07, 6.45) is -1.65. The van der Waals surface area contributed by atoms with E-state index in [1.807, 2.05) is 10.6 Å². The largest absolute Gasteiger partial charge is 0.419 e. The molecule has 1 aliphatic carbocycles. The Morgan fingerprint density at radius 1 is 1.27 bits per heavy atom. The van der Waals surface area contributed by atoms with Crippen LogP contribution in [0.4, 0.5) is 23.2 Å². The number of aromatic nitrogens is 2. The number of pyridine rings is 1. The van der Waals surface area contributed by atoms with Gasteiger partial charge in [-0.05, 0) is 36.9 Å². The van der Waals surface area contributed by atoms with Gasteiger partial charge in [0.2, 0.25) is 0 Å². The van der Waals surface area contributed by atoms with E-state index in [2.05, 4.69) is 29.9 Å². The number of hydrogen-bond acceptors (Lipinski definition) is 4. The average molecular weight is 486 g/mol. The number of ether oxygens (including phenoxy) is 2. The zero-order valence-electron chi connectivity index (χ0n) is 19.3. The molecule has 2 aromatic heterocycles. The highest BCUT2D eigenvalue weighted by molar-refractivity contribution is 6.76. The van der Waals surface area contributed by atoms with Crippen molar-refractivity contribution in [3.63, 3.8) is 0 Å². The molecule has 1 fully saturated rings. The first-order chi connectivity index (χ1) is 15.5. The van der Waals surface area contributed by atoms with Crippen LogP contribution >= 0.6 is 0 Å². The van der Waals surface area contributed by atoms with E-state index in [-0.39, 0.29) is 31.3 Å². The summed E-state index contributed by atoms with van der Waals surface area (Å²) in [6, 6.07) is 2.42. The van der Waals surface area contributed by atoms with Crippen LogP contribution in [-0.4, -0.2) is 49.7 Å². The van der Waals surface area contributed by atoms with E-state index in [0.29, 0.717) is 37.3 Å². The second kappa shape index (κ2) is 9.38. The second-order valence-corrected chi connectivity index (χ2v) is 15.7. The molecular formula is C23H31F4N3O2Si. The van der Waals surface area contributed by atoms with Gasteiger partial charge in [0.25, 0.3) is 0 Å². The summed E-state index contributed by atoms with van der Waals surface area (Å²) >= 11 is 0. The monoisotopic (exact) mass is 485 g/mol. The van der Waals surface area contributed by atoms with Crippen molar-refractivity contribution in [2.75, 3.05) is 25.1 Å². The molecule has 1 N–H and O–H groups in total. The van der Waals surface area contributed by atoms with Crippen molar-refractivity contribution in [1.29, 1.82) is 0 Å². The summed E-state index contributed by atoms with van der Waals surface area (Å²) in [7, 11) is -1.28. The van der Waals surface area contributed by atoms with Crippen LogP contribution in [-0.2, 0) is 22.4 Å². The molecule has 0 spiro atoms. The first kappa shape index (κ1) is 24.2. The van der Waals surface area contributed by atoms with E-state index < -0.39 is 26.0 Å². The Hall–Kier alpha value is -1.91. The van der Waals surface area contributed by atoms with Crippen LogP contribution in [0.25, 0.3) is 16.6 Å². The lowest BCUT2D eigenvalue weighted by molar-refractivity contribution is -0.137. The standard InChI is InChI=1S/C23H31F4N3O2Si/c1-33(2,3)9-8-32-14-30-20(15-4-6-31-7-5-15)12-18-21(29-17-10-16(24)11-17)19(23(25,26)27)13-28-22(18)30/h4,12-13,16-17H,5-11,14H2,1-3H3,(H,28,29). The Kier molecular flexibility index (Phi) is 6.89. The molecule has 33 heavy (non-hydrogen) atoms. The van der Waals surface area contributed by atoms with Crippen molar-refractivity contribution in [3.8, 4) is 0 Å². The minimum atomic E-state index is -4.57. The fourth-order valence-electron chi connectivity index (χ4n) is 4.13. The summed E-state index contributed by atoms with van der Waals surface area (Å²) in [5, 5.41) is 3.34. The molecular weight excluding hydrogens is 454 g/mol. The van der Waals surface area contributed by atoms with Crippen molar-refractivity contribution in [1.82, 2.24) is 9.55 Å². The summed E-state index contributed by atoms with van der Waals surface area (Å²) in [5.41, 5.74) is 1.35. The highest BCUT2D eigenvalue weighted by atomic mass is 28.3. The molecule has 182 valence electrons. The van der Waals surface area contributed by atoms with E-state index >= 15 is 0 Å². The molecule has 0 radical (unpaired) electrons. The summed E-state index contributed by atoms with van der Waals surface area (Å²) in [5.74, 6) is 0. The summed E-state index contributed by atoms with van der Waals surface area (Å²) < 4.78 is 68.1. The van der Waals surface area contributed by atoms with Crippen molar-refractivity contribution in [2.45, 2.75) is 70.1 Å². The van der Waals surface area contributed by atoms with Crippen LogP contribution in [0.15, 0.2) is 18.3 Å². The third kappa shape index (κ3) is 5.60. The van der Waals surface area contributed by atoms with Gasteiger partial charge in [-0.25, -0.2) is 9.37 Å². The lowest BCUT2D eigenvalue weighted by atomic mass is 9.90. The highest BCUT2D eigenvalue weighted by Gasteiger charge is 2.38. The normalized spacial score (nSPS) is 21.7. The zero-order chi connectivity index (χ0) is 23.8. The van der Waals surface area contributed by atoms with Crippen LogP contribution in [0.2, 0.25) is 25.7 Å². The highest BCUT2D eigenvalue weighted by Crippen LogP contribution is 2.42. The molecule has 4 rings (SSSR count). The Labute approximate surface area is 192 Å². The molecule has 10 heteroatoms. The molecule has 5 nitrogen and oxygen atoms in total. The molecule has 0 saturated heterocycles. The first-order valence-electron chi connectivity index (χ1n) is 11.4. The lowest BCUT2D eigenvalue weighted by Gasteiger charge is -2.32. The van der Waals surface area contributed by atoms with Gasteiger partial charge < -0.3 is 19.4 Å². The molecule has 0 unspecified atom stereocenters. The van der Waals surface area contributed by atoms with Crippen LogP contribution in [0, 0.1) is 0 Å². The van der Waals surface area contributed by atoms with Crippen molar-refractivity contribution in [2.24, 2.45) is 0 Å². The van der Waals surface area contributed by atoms with Crippen molar-refractivity contribution >= 4 is 30.4 Å². The predicted molar refractivity (Wildman–Crippen MR) is 124 cm³/mol. The summed E-state index contributed by atoms with van der Waals surface area (Å²) in [4.78, 5) is 4.22. The SMILES string of the molecule is C[Si](C)(C)CCOCn1c(C2=CCOCC2)cc2c(NC3CC(F)C3)c(C(F)(F)F)cnc21. The van der Waals surface area contributed by atoms with E-state index in [1.54, 1.807) is 6.07 Å². The molecule has 3 heterocycles. The number of nitrogens with one attached hydrogen (secondary N) is 1. The maximum Gasteiger partial charge on any atom is 0.419 e. The molecule has 1 aliphatic heterocycles. The number of alkyl halides is 4. The van der Waals surface area contributed by atoms with Crippen molar-refractivity contribution < 1.29 is 27.0 Å². The molecule has 0 atom stereocenters. The van der Waals surface area contributed by atoms with E-state index in [1.165, 1.54) is 0 Å². The van der Waals surface area contributed by atoms with Gasteiger partial charge >= 0.3 is 6.18 Å². The van der Waals surface area contributed by atoms with Gasteiger partial charge in [0.15, 0.2) is 0 Å². The zero-order valence-corrected chi connectivity index (χ0v) is 20.3. The maximum absolute atomic E-state index is 13.8. The molecule has 2 aliphatic rings. The van der Waals surface area contributed by atoms with Crippen molar-refractivity contribution in [3.05, 3.63) is 29.6 Å². The lowest BCUT2D eigenvalue weighted by Crippen LogP contribution is -2.37. The first-order valence-corrected chi connectivity index (χ1v) is 15.1. The number of fused-ring (bicyclic) bond motifs is 1. The smallest absolute Gasteiger partial charge is 0.381 e. The second-order valence-electron chi connectivity index (χ2n) is 10.1. The third-order valence-corrected chi connectivity index (χ3v) is 7.87. The van der Waals surface area contributed by atoms with E-state index in [9.17, 15) is 17.6 Å². The minimum absolute atomic E-state index is 0.0286. The molecule has 0 bridgehead atoms.